The van der Waals surface area contributed by atoms with E-state index >= 15 is 0 Å². The molecule has 0 atom stereocenters. The Hall–Kier alpha value is -0.960. The first kappa shape index (κ1) is 8.14. The van der Waals surface area contributed by atoms with Crippen molar-refractivity contribution in [1.82, 2.24) is 0 Å². The van der Waals surface area contributed by atoms with Gasteiger partial charge in [0.15, 0.2) is 0 Å². The second-order valence-corrected chi connectivity index (χ2v) is 2.63. The lowest BCUT2D eigenvalue weighted by Gasteiger charge is -2.05. The van der Waals surface area contributed by atoms with Gasteiger partial charge in [-0.1, -0.05) is 11.6 Å². The SMILES string of the molecule is Cc1c(N)c(F)cc(Cl)c1O. The van der Waals surface area contributed by atoms with Crippen LogP contribution in [0.3, 0.4) is 0 Å². The molecule has 0 unspecified atom stereocenters. The van der Waals surface area contributed by atoms with Crippen LogP contribution in [0.15, 0.2) is 6.07 Å². The minimum atomic E-state index is -0.606. The van der Waals surface area contributed by atoms with Gasteiger partial charge in [0, 0.05) is 5.56 Å². The Balaban J connectivity index is 3.46. The van der Waals surface area contributed by atoms with Crippen molar-refractivity contribution in [1.29, 1.82) is 0 Å². The summed E-state index contributed by atoms with van der Waals surface area (Å²) in [6.07, 6.45) is 0. The molecule has 1 aromatic rings. The average Bonchev–Trinajstić information content (AvgIpc) is 1.97. The van der Waals surface area contributed by atoms with Crippen LogP contribution in [0.25, 0.3) is 0 Å². The van der Waals surface area contributed by atoms with Crippen molar-refractivity contribution in [2.24, 2.45) is 0 Å². The summed E-state index contributed by atoms with van der Waals surface area (Å²) in [4.78, 5) is 0. The van der Waals surface area contributed by atoms with E-state index < -0.39 is 5.82 Å². The third kappa shape index (κ3) is 1.24. The number of rotatable bonds is 0. The molecule has 1 rings (SSSR count). The van der Waals surface area contributed by atoms with E-state index in [2.05, 4.69) is 0 Å². The van der Waals surface area contributed by atoms with Gasteiger partial charge in [0.2, 0.25) is 0 Å². The van der Waals surface area contributed by atoms with Gasteiger partial charge in [0.05, 0.1) is 10.7 Å². The Morgan fingerprint density at radius 1 is 1.64 bits per heavy atom. The number of aromatic hydroxyl groups is 1. The summed E-state index contributed by atoms with van der Waals surface area (Å²) < 4.78 is 12.7. The molecular formula is C7H7ClFNO. The van der Waals surface area contributed by atoms with Crippen molar-refractivity contribution in [3.8, 4) is 5.75 Å². The third-order valence-corrected chi connectivity index (χ3v) is 1.78. The first-order chi connectivity index (χ1) is 5.04. The summed E-state index contributed by atoms with van der Waals surface area (Å²) in [5.74, 6) is -0.768. The number of phenols is 1. The maximum atomic E-state index is 12.7. The fourth-order valence-electron chi connectivity index (χ4n) is 0.743. The van der Waals surface area contributed by atoms with E-state index in [-0.39, 0.29) is 22.0 Å². The van der Waals surface area contributed by atoms with Crippen LogP contribution in [0.4, 0.5) is 10.1 Å². The molecule has 0 spiro atoms. The molecule has 3 N–H and O–H groups in total. The van der Waals surface area contributed by atoms with E-state index in [9.17, 15) is 4.39 Å². The summed E-state index contributed by atoms with van der Waals surface area (Å²) in [6, 6.07) is 0.985. The molecule has 0 radical (unpaired) electrons. The predicted molar refractivity (Wildman–Crippen MR) is 42.2 cm³/mol. The van der Waals surface area contributed by atoms with Gasteiger partial charge >= 0.3 is 0 Å². The highest BCUT2D eigenvalue weighted by molar-refractivity contribution is 6.32. The molecule has 4 heteroatoms. The third-order valence-electron chi connectivity index (χ3n) is 1.50. The van der Waals surface area contributed by atoms with Gasteiger partial charge in [0.1, 0.15) is 11.6 Å². The van der Waals surface area contributed by atoms with E-state index in [4.69, 9.17) is 22.4 Å². The average molecular weight is 176 g/mol. The Labute approximate surface area is 68.4 Å². The van der Waals surface area contributed by atoms with Gasteiger partial charge in [-0.25, -0.2) is 4.39 Å². The van der Waals surface area contributed by atoms with Crippen LogP contribution in [0.2, 0.25) is 5.02 Å². The number of halogens is 2. The van der Waals surface area contributed by atoms with Gasteiger partial charge in [0.25, 0.3) is 0 Å². The Morgan fingerprint density at radius 3 is 2.73 bits per heavy atom. The molecule has 0 saturated heterocycles. The molecule has 1 aromatic carbocycles. The second-order valence-electron chi connectivity index (χ2n) is 2.23. The molecule has 60 valence electrons. The predicted octanol–water partition coefficient (Wildman–Crippen LogP) is 2.08. The molecule has 0 fully saturated rings. The second kappa shape index (κ2) is 2.58. The van der Waals surface area contributed by atoms with Crippen LogP contribution in [0.1, 0.15) is 5.56 Å². The number of hydrogen-bond acceptors (Lipinski definition) is 2. The summed E-state index contributed by atoms with van der Waals surface area (Å²) in [5.41, 5.74) is 5.47. The lowest BCUT2D eigenvalue weighted by Crippen LogP contribution is -1.94. The highest BCUT2D eigenvalue weighted by Gasteiger charge is 2.09. The molecular weight excluding hydrogens is 169 g/mol. The van der Waals surface area contributed by atoms with E-state index in [0.29, 0.717) is 0 Å². The van der Waals surface area contributed by atoms with E-state index in [1.807, 2.05) is 0 Å². The van der Waals surface area contributed by atoms with Crippen molar-refractivity contribution < 1.29 is 9.50 Å². The van der Waals surface area contributed by atoms with Crippen molar-refractivity contribution in [3.63, 3.8) is 0 Å². The molecule has 0 aliphatic rings. The van der Waals surface area contributed by atoms with E-state index in [1.54, 1.807) is 0 Å². The lowest BCUT2D eigenvalue weighted by atomic mass is 10.2. The van der Waals surface area contributed by atoms with Crippen molar-refractivity contribution in [2.45, 2.75) is 6.92 Å². The molecule has 0 amide bonds. The monoisotopic (exact) mass is 175 g/mol. The van der Waals surface area contributed by atoms with Crippen LogP contribution in [0.5, 0.6) is 5.75 Å². The molecule has 0 aliphatic carbocycles. The highest BCUT2D eigenvalue weighted by atomic mass is 35.5. The number of nitrogen functional groups attached to an aromatic ring is 1. The number of hydrogen-bond donors (Lipinski definition) is 2. The fourth-order valence-corrected chi connectivity index (χ4v) is 0.981. The minimum absolute atomic E-state index is 0.0193. The molecule has 0 heterocycles. The highest BCUT2D eigenvalue weighted by Crippen LogP contribution is 2.32. The first-order valence-electron chi connectivity index (χ1n) is 2.97. The van der Waals surface area contributed by atoms with Gasteiger partial charge in [-0.3, -0.25) is 0 Å². The number of benzene rings is 1. The summed E-state index contributed by atoms with van der Waals surface area (Å²) in [5, 5.41) is 9.11. The number of nitrogens with two attached hydrogens (primary N) is 1. The zero-order valence-corrected chi connectivity index (χ0v) is 6.61. The molecule has 11 heavy (non-hydrogen) atoms. The number of anilines is 1. The molecule has 2 nitrogen and oxygen atoms in total. The van der Waals surface area contributed by atoms with Gasteiger partial charge in [-0.15, -0.1) is 0 Å². The van der Waals surface area contributed by atoms with E-state index in [0.717, 1.165) is 6.07 Å². The standard InChI is InChI=1S/C7H7ClFNO/c1-3-6(10)5(9)2-4(8)7(3)11/h2,11H,10H2,1H3. The van der Waals surface area contributed by atoms with Crippen LogP contribution in [-0.2, 0) is 0 Å². The van der Waals surface area contributed by atoms with Gasteiger partial charge < -0.3 is 10.8 Å². The fraction of sp³-hybridized carbons (Fsp3) is 0.143. The maximum absolute atomic E-state index is 12.7. The Morgan fingerprint density at radius 2 is 2.18 bits per heavy atom. The number of phenolic OH excluding ortho intramolecular Hbond substituents is 1. The summed E-state index contributed by atoms with van der Waals surface area (Å²) in [7, 11) is 0. The van der Waals surface area contributed by atoms with Gasteiger partial charge in [-0.2, -0.15) is 0 Å². The van der Waals surface area contributed by atoms with Crippen molar-refractivity contribution >= 4 is 17.3 Å². The molecule has 0 saturated carbocycles. The zero-order chi connectivity index (χ0) is 8.59. The summed E-state index contributed by atoms with van der Waals surface area (Å²) in [6.45, 7) is 1.50. The zero-order valence-electron chi connectivity index (χ0n) is 5.86. The van der Waals surface area contributed by atoms with Crippen molar-refractivity contribution in [3.05, 3.63) is 22.5 Å². The van der Waals surface area contributed by atoms with E-state index in [1.165, 1.54) is 6.92 Å². The van der Waals surface area contributed by atoms with Crippen LogP contribution in [0, 0.1) is 12.7 Å². The largest absolute Gasteiger partial charge is 0.506 e. The molecule has 0 aromatic heterocycles. The first-order valence-corrected chi connectivity index (χ1v) is 3.35. The molecule has 0 bridgehead atoms. The maximum Gasteiger partial charge on any atom is 0.148 e. The quantitative estimate of drug-likeness (QED) is 0.593. The Kier molecular flexibility index (Phi) is 1.91. The van der Waals surface area contributed by atoms with Gasteiger partial charge in [-0.05, 0) is 13.0 Å². The van der Waals surface area contributed by atoms with Crippen LogP contribution in [-0.4, -0.2) is 5.11 Å². The minimum Gasteiger partial charge on any atom is -0.506 e. The molecule has 0 aliphatic heterocycles. The topological polar surface area (TPSA) is 46.2 Å². The lowest BCUT2D eigenvalue weighted by molar-refractivity contribution is 0.469. The van der Waals surface area contributed by atoms with Crippen LogP contribution < -0.4 is 5.73 Å². The van der Waals surface area contributed by atoms with Crippen molar-refractivity contribution in [2.75, 3.05) is 5.73 Å². The van der Waals surface area contributed by atoms with Crippen LogP contribution >= 0.6 is 11.6 Å². The normalized spacial score (nSPS) is 10.1. The smallest absolute Gasteiger partial charge is 0.148 e. The Bertz CT molecular complexity index is 275. The summed E-state index contributed by atoms with van der Waals surface area (Å²) >= 11 is 5.45.